The largest absolute Gasteiger partial charge is 0.490 e. The summed E-state index contributed by atoms with van der Waals surface area (Å²) in [5.74, 6) is 1.03. The first-order valence-corrected chi connectivity index (χ1v) is 6.72. The smallest absolute Gasteiger partial charge is 0.123 e. The molecular formula is C14H15NOS. The topological polar surface area (TPSA) is 35.2 Å². The van der Waals surface area contributed by atoms with Crippen molar-refractivity contribution in [1.29, 1.82) is 0 Å². The lowest BCUT2D eigenvalue weighted by Gasteiger charge is -2.05. The van der Waals surface area contributed by atoms with E-state index in [0.29, 0.717) is 12.6 Å². The number of ether oxygens (including phenoxy) is 1. The molecule has 1 atom stereocenters. The van der Waals surface area contributed by atoms with Crippen LogP contribution in [0.25, 0.3) is 11.1 Å². The summed E-state index contributed by atoms with van der Waals surface area (Å²) in [4.78, 5) is 1.25. The van der Waals surface area contributed by atoms with Gasteiger partial charge >= 0.3 is 0 Å². The van der Waals surface area contributed by atoms with Crippen molar-refractivity contribution in [2.45, 2.75) is 26.0 Å². The number of nitrogens with two attached hydrogens (primary N) is 1. The van der Waals surface area contributed by atoms with Gasteiger partial charge in [-0.3, -0.25) is 0 Å². The molecule has 0 radical (unpaired) electrons. The van der Waals surface area contributed by atoms with Crippen LogP contribution in [0.1, 0.15) is 17.4 Å². The van der Waals surface area contributed by atoms with Crippen LogP contribution in [0.15, 0.2) is 29.6 Å². The zero-order chi connectivity index (χ0) is 11.8. The van der Waals surface area contributed by atoms with Crippen LogP contribution in [0.4, 0.5) is 0 Å². The summed E-state index contributed by atoms with van der Waals surface area (Å²) in [5, 5.41) is 2.10. The zero-order valence-corrected chi connectivity index (χ0v) is 10.6. The molecule has 3 rings (SSSR count). The summed E-state index contributed by atoms with van der Waals surface area (Å²) in [6.07, 6.45) is 1.31. The van der Waals surface area contributed by atoms with Crippen LogP contribution in [0.2, 0.25) is 0 Å². The van der Waals surface area contributed by atoms with E-state index in [2.05, 4.69) is 36.6 Å². The molecule has 1 aromatic carbocycles. The standard InChI is InChI=1S/C14H15NOS/c1-9-6-11-7-10(2-3-13(11)16-9)12-4-5-17-14(12)8-15/h2-5,7,9H,6,8,15H2,1H3. The van der Waals surface area contributed by atoms with E-state index in [0.717, 1.165) is 12.2 Å². The van der Waals surface area contributed by atoms with Crippen molar-refractivity contribution in [2.75, 3.05) is 0 Å². The van der Waals surface area contributed by atoms with E-state index in [-0.39, 0.29) is 0 Å². The fourth-order valence-corrected chi connectivity index (χ4v) is 3.12. The van der Waals surface area contributed by atoms with Gasteiger partial charge in [0, 0.05) is 17.8 Å². The molecule has 1 aliphatic rings. The molecule has 0 spiro atoms. The summed E-state index contributed by atoms with van der Waals surface area (Å²) in [6.45, 7) is 2.71. The van der Waals surface area contributed by atoms with Gasteiger partial charge in [0.1, 0.15) is 11.9 Å². The van der Waals surface area contributed by atoms with Gasteiger partial charge < -0.3 is 10.5 Å². The van der Waals surface area contributed by atoms with E-state index < -0.39 is 0 Å². The molecule has 2 aromatic rings. The maximum Gasteiger partial charge on any atom is 0.123 e. The molecule has 1 aromatic heterocycles. The van der Waals surface area contributed by atoms with E-state index in [9.17, 15) is 0 Å². The van der Waals surface area contributed by atoms with Crippen molar-refractivity contribution in [3.05, 3.63) is 40.1 Å². The highest BCUT2D eigenvalue weighted by Crippen LogP contribution is 2.35. The lowest BCUT2D eigenvalue weighted by Crippen LogP contribution is -2.05. The quantitative estimate of drug-likeness (QED) is 0.881. The third kappa shape index (κ3) is 1.85. The van der Waals surface area contributed by atoms with Gasteiger partial charge in [-0.25, -0.2) is 0 Å². The van der Waals surface area contributed by atoms with Crippen LogP contribution in [-0.4, -0.2) is 6.10 Å². The molecule has 3 heteroatoms. The lowest BCUT2D eigenvalue weighted by atomic mass is 10.0. The zero-order valence-electron chi connectivity index (χ0n) is 9.77. The molecule has 2 heterocycles. The monoisotopic (exact) mass is 245 g/mol. The van der Waals surface area contributed by atoms with Gasteiger partial charge in [-0.1, -0.05) is 6.07 Å². The van der Waals surface area contributed by atoms with Crippen LogP contribution in [0.3, 0.4) is 0 Å². The first kappa shape index (κ1) is 10.8. The van der Waals surface area contributed by atoms with Crippen molar-refractivity contribution >= 4 is 11.3 Å². The van der Waals surface area contributed by atoms with Gasteiger partial charge in [0.15, 0.2) is 0 Å². The molecule has 0 fully saturated rings. The molecule has 2 N–H and O–H groups in total. The van der Waals surface area contributed by atoms with E-state index in [1.165, 1.54) is 21.6 Å². The van der Waals surface area contributed by atoms with E-state index in [1.54, 1.807) is 11.3 Å². The molecular weight excluding hydrogens is 230 g/mol. The van der Waals surface area contributed by atoms with E-state index in [4.69, 9.17) is 10.5 Å². The second-order valence-corrected chi connectivity index (χ2v) is 5.42. The Kier molecular flexibility index (Phi) is 2.65. The summed E-state index contributed by atoms with van der Waals surface area (Å²) in [7, 11) is 0. The number of benzene rings is 1. The van der Waals surface area contributed by atoms with Gasteiger partial charge in [0.25, 0.3) is 0 Å². The Labute approximate surface area is 105 Å². The van der Waals surface area contributed by atoms with Crippen LogP contribution in [-0.2, 0) is 13.0 Å². The van der Waals surface area contributed by atoms with Crippen LogP contribution < -0.4 is 10.5 Å². The summed E-state index contributed by atoms with van der Waals surface area (Å²) in [5.41, 5.74) is 9.58. The minimum Gasteiger partial charge on any atom is -0.490 e. The minimum absolute atomic E-state index is 0.303. The van der Waals surface area contributed by atoms with Crippen molar-refractivity contribution in [2.24, 2.45) is 5.73 Å². The SMILES string of the molecule is CC1Cc2cc(-c3ccsc3CN)ccc2O1. The number of hydrogen-bond acceptors (Lipinski definition) is 3. The molecule has 0 saturated carbocycles. The molecule has 1 aliphatic heterocycles. The minimum atomic E-state index is 0.303. The molecule has 0 amide bonds. The van der Waals surface area contributed by atoms with Gasteiger partial charge in [-0.15, -0.1) is 11.3 Å². The highest BCUT2D eigenvalue weighted by Gasteiger charge is 2.19. The first-order valence-electron chi connectivity index (χ1n) is 5.84. The Morgan fingerprint density at radius 2 is 2.29 bits per heavy atom. The number of rotatable bonds is 2. The predicted molar refractivity (Wildman–Crippen MR) is 71.4 cm³/mol. The fourth-order valence-electron chi connectivity index (χ4n) is 2.35. The molecule has 0 bridgehead atoms. The Hall–Kier alpha value is -1.32. The third-order valence-electron chi connectivity index (χ3n) is 3.14. The van der Waals surface area contributed by atoms with Gasteiger partial charge in [0.2, 0.25) is 0 Å². The average Bonchev–Trinajstić information content (AvgIpc) is 2.91. The lowest BCUT2D eigenvalue weighted by molar-refractivity contribution is 0.254. The van der Waals surface area contributed by atoms with Crippen LogP contribution in [0, 0.1) is 0 Å². The molecule has 1 unspecified atom stereocenters. The van der Waals surface area contributed by atoms with Gasteiger partial charge in [-0.05, 0) is 47.2 Å². The van der Waals surface area contributed by atoms with Crippen molar-refractivity contribution in [3.8, 4) is 16.9 Å². The highest BCUT2D eigenvalue weighted by atomic mass is 32.1. The van der Waals surface area contributed by atoms with Crippen molar-refractivity contribution < 1.29 is 4.74 Å². The predicted octanol–water partition coefficient (Wildman–Crippen LogP) is 3.20. The summed E-state index contributed by atoms with van der Waals surface area (Å²) >= 11 is 1.72. The van der Waals surface area contributed by atoms with Crippen LogP contribution >= 0.6 is 11.3 Å². The Morgan fingerprint density at radius 1 is 1.41 bits per heavy atom. The molecule has 2 nitrogen and oxygen atoms in total. The third-order valence-corrected chi connectivity index (χ3v) is 4.08. The maximum absolute atomic E-state index is 5.75. The Morgan fingerprint density at radius 3 is 3.12 bits per heavy atom. The Balaban J connectivity index is 2.03. The molecule has 88 valence electrons. The van der Waals surface area contributed by atoms with Crippen molar-refractivity contribution in [1.82, 2.24) is 0 Å². The first-order chi connectivity index (χ1) is 8.28. The maximum atomic E-state index is 5.75. The Bertz CT molecular complexity index is 547. The van der Waals surface area contributed by atoms with E-state index >= 15 is 0 Å². The highest BCUT2D eigenvalue weighted by molar-refractivity contribution is 7.10. The average molecular weight is 245 g/mol. The second kappa shape index (κ2) is 4.17. The normalized spacial score (nSPS) is 17.9. The van der Waals surface area contributed by atoms with Gasteiger partial charge in [-0.2, -0.15) is 0 Å². The second-order valence-electron chi connectivity index (χ2n) is 4.42. The van der Waals surface area contributed by atoms with Crippen LogP contribution in [0.5, 0.6) is 5.75 Å². The summed E-state index contributed by atoms with van der Waals surface area (Å²) < 4.78 is 5.71. The van der Waals surface area contributed by atoms with Gasteiger partial charge in [0.05, 0.1) is 0 Å². The molecule has 0 saturated heterocycles. The fraction of sp³-hybridized carbons (Fsp3) is 0.286. The number of thiophene rings is 1. The summed E-state index contributed by atoms with van der Waals surface area (Å²) in [6, 6.07) is 8.58. The van der Waals surface area contributed by atoms with E-state index in [1.807, 2.05) is 0 Å². The number of hydrogen-bond donors (Lipinski definition) is 1. The van der Waals surface area contributed by atoms with Crippen molar-refractivity contribution in [3.63, 3.8) is 0 Å². The molecule has 17 heavy (non-hydrogen) atoms. The molecule has 0 aliphatic carbocycles. The number of fused-ring (bicyclic) bond motifs is 1.